The smallest absolute Gasteiger partial charge is 0.166 e. The molecule has 9 rings (SSSR count). The highest BCUT2D eigenvalue weighted by molar-refractivity contribution is 6.10. The third-order valence-corrected chi connectivity index (χ3v) is 11.0. The monoisotopic (exact) mass is 738 g/mol. The second-order valence-electron chi connectivity index (χ2n) is 17.0. The Labute approximate surface area is 335 Å². The Balaban J connectivity index is 1.35. The first kappa shape index (κ1) is 36.0. The average Bonchev–Trinajstić information content (AvgIpc) is 3.57. The van der Waals surface area contributed by atoms with Crippen LogP contribution in [-0.2, 0) is 10.8 Å². The van der Waals surface area contributed by atoms with Crippen LogP contribution in [0.4, 0.5) is 0 Å². The van der Waals surface area contributed by atoms with Crippen molar-refractivity contribution in [3.63, 3.8) is 0 Å². The van der Waals surface area contributed by atoms with Gasteiger partial charge in [-0.25, -0.2) is 15.0 Å². The molecule has 278 valence electrons. The molecule has 0 N–H and O–H groups in total. The average molecular weight is 739 g/mol. The van der Waals surface area contributed by atoms with E-state index in [-0.39, 0.29) is 10.8 Å². The first-order valence-electron chi connectivity index (χ1n) is 19.8. The summed E-state index contributed by atoms with van der Waals surface area (Å²) in [4.78, 5) is 15.6. The van der Waals surface area contributed by atoms with E-state index < -0.39 is 0 Å². The Bertz CT molecular complexity index is 2770. The highest BCUT2D eigenvalue weighted by atomic mass is 15.1. The molecule has 0 atom stereocenters. The van der Waals surface area contributed by atoms with Gasteiger partial charge in [0.05, 0.1) is 16.7 Å². The van der Waals surface area contributed by atoms with Crippen LogP contribution >= 0.6 is 0 Å². The summed E-state index contributed by atoms with van der Waals surface area (Å²) in [5.41, 5.74) is 13.3. The van der Waals surface area contributed by atoms with Gasteiger partial charge in [0.1, 0.15) is 0 Å². The van der Waals surface area contributed by atoms with Crippen LogP contribution in [0.25, 0.3) is 83.9 Å². The van der Waals surface area contributed by atoms with E-state index in [0.29, 0.717) is 17.5 Å². The van der Waals surface area contributed by atoms with E-state index in [9.17, 15) is 0 Å². The summed E-state index contributed by atoms with van der Waals surface area (Å²) in [6.45, 7) is 13.7. The van der Waals surface area contributed by atoms with E-state index in [4.69, 9.17) is 15.0 Å². The summed E-state index contributed by atoms with van der Waals surface area (Å²) in [6.07, 6.45) is 0. The second-order valence-corrected chi connectivity index (χ2v) is 17.0. The standard InChI is InChI=1S/C53H46N4/c1-52(2,3)41-26-29-46-43(33-41)44-34-42(53(4,5)6)27-30-47(44)57(46)48-28-25-40(39-24-16-23-38(31-39)35-17-10-7-11-18-35)32-45(48)51-55-49(36-19-12-8-13-20-36)54-50(56-51)37-21-14-9-15-22-37/h7-34H,1-6H3. The minimum Gasteiger partial charge on any atom is -0.309 e. The zero-order valence-electron chi connectivity index (χ0n) is 33.5. The van der Waals surface area contributed by atoms with Gasteiger partial charge in [-0.2, -0.15) is 0 Å². The van der Waals surface area contributed by atoms with E-state index in [1.165, 1.54) is 33.0 Å². The van der Waals surface area contributed by atoms with Crippen molar-refractivity contribution in [1.29, 1.82) is 0 Å². The number of nitrogens with zero attached hydrogens (tertiary/aromatic N) is 4. The molecular weight excluding hydrogens is 693 g/mol. The lowest BCUT2D eigenvalue weighted by Crippen LogP contribution is -2.10. The van der Waals surface area contributed by atoms with Crippen molar-refractivity contribution in [1.82, 2.24) is 19.5 Å². The Kier molecular flexibility index (Phi) is 8.93. The molecule has 4 heteroatoms. The highest BCUT2D eigenvalue weighted by Gasteiger charge is 2.24. The molecule has 0 unspecified atom stereocenters. The quantitative estimate of drug-likeness (QED) is 0.171. The summed E-state index contributed by atoms with van der Waals surface area (Å²) < 4.78 is 2.41. The van der Waals surface area contributed by atoms with Crippen molar-refractivity contribution in [2.75, 3.05) is 0 Å². The summed E-state index contributed by atoms with van der Waals surface area (Å²) in [7, 11) is 0. The van der Waals surface area contributed by atoms with Crippen LogP contribution in [0.5, 0.6) is 0 Å². The van der Waals surface area contributed by atoms with E-state index in [1.54, 1.807) is 0 Å². The van der Waals surface area contributed by atoms with Crippen LogP contribution in [-0.4, -0.2) is 19.5 Å². The lowest BCUT2D eigenvalue weighted by molar-refractivity contribution is 0.590. The Morgan fingerprint density at radius 3 is 1.26 bits per heavy atom. The lowest BCUT2D eigenvalue weighted by Gasteiger charge is -2.19. The molecule has 4 nitrogen and oxygen atoms in total. The predicted molar refractivity (Wildman–Crippen MR) is 239 cm³/mol. The number of benzene rings is 7. The van der Waals surface area contributed by atoms with Crippen LogP contribution in [0, 0.1) is 0 Å². The van der Waals surface area contributed by atoms with Crippen molar-refractivity contribution in [2.45, 2.75) is 52.4 Å². The molecule has 57 heavy (non-hydrogen) atoms. The Morgan fingerprint density at radius 2 is 0.772 bits per heavy atom. The minimum atomic E-state index is -0.00208. The Hall–Kier alpha value is -6.65. The van der Waals surface area contributed by atoms with E-state index in [0.717, 1.165) is 44.5 Å². The first-order valence-corrected chi connectivity index (χ1v) is 19.8. The van der Waals surface area contributed by atoms with Gasteiger partial charge in [0.2, 0.25) is 0 Å². The third-order valence-electron chi connectivity index (χ3n) is 11.0. The normalized spacial score (nSPS) is 12.0. The molecule has 0 saturated carbocycles. The molecule has 0 aliphatic heterocycles. The maximum Gasteiger partial charge on any atom is 0.166 e. The SMILES string of the molecule is CC(C)(C)c1ccc2c(c1)c1cc(C(C)(C)C)ccc1n2-c1ccc(-c2cccc(-c3ccccc3)c2)cc1-c1nc(-c2ccccc2)nc(-c2ccccc2)n1. The van der Waals surface area contributed by atoms with E-state index >= 15 is 0 Å². The van der Waals surface area contributed by atoms with Gasteiger partial charge >= 0.3 is 0 Å². The molecule has 2 heterocycles. The molecule has 0 aliphatic carbocycles. The number of fused-ring (bicyclic) bond motifs is 3. The zero-order chi connectivity index (χ0) is 39.3. The number of rotatable bonds is 6. The highest BCUT2D eigenvalue weighted by Crippen LogP contribution is 2.41. The molecule has 0 fully saturated rings. The maximum absolute atomic E-state index is 5.29. The van der Waals surface area contributed by atoms with Crippen LogP contribution < -0.4 is 0 Å². The van der Waals surface area contributed by atoms with Gasteiger partial charge in [-0.1, -0.05) is 169 Å². The maximum atomic E-state index is 5.29. The van der Waals surface area contributed by atoms with E-state index in [2.05, 4.69) is 180 Å². The van der Waals surface area contributed by atoms with Gasteiger partial charge in [-0.15, -0.1) is 0 Å². The van der Waals surface area contributed by atoms with Gasteiger partial charge in [-0.05, 0) is 86.7 Å². The summed E-state index contributed by atoms with van der Waals surface area (Å²) in [6, 6.07) is 60.5. The van der Waals surface area contributed by atoms with Crippen molar-refractivity contribution in [3.05, 3.63) is 181 Å². The van der Waals surface area contributed by atoms with Crippen molar-refractivity contribution in [3.8, 4) is 62.1 Å². The molecule has 0 amide bonds. The van der Waals surface area contributed by atoms with E-state index in [1.807, 2.05) is 36.4 Å². The molecule has 0 bridgehead atoms. The van der Waals surface area contributed by atoms with Gasteiger partial charge in [0.25, 0.3) is 0 Å². The predicted octanol–water partition coefficient (Wildman–Crippen LogP) is 13.9. The van der Waals surface area contributed by atoms with Crippen LogP contribution in [0.3, 0.4) is 0 Å². The lowest BCUT2D eigenvalue weighted by atomic mass is 9.85. The van der Waals surface area contributed by atoms with Crippen molar-refractivity contribution < 1.29 is 0 Å². The van der Waals surface area contributed by atoms with Gasteiger partial charge < -0.3 is 4.57 Å². The molecule has 2 aromatic heterocycles. The number of hydrogen-bond acceptors (Lipinski definition) is 3. The van der Waals surface area contributed by atoms with Crippen molar-refractivity contribution >= 4 is 21.8 Å². The molecule has 0 saturated heterocycles. The topological polar surface area (TPSA) is 43.6 Å². The molecule has 0 aliphatic rings. The first-order chi connectivity index (χ1) is 27.5. The fraction of sp³-hybridized carbons (Fsp3) is 0.151. The number of hydrogen-bond donors (Lipinski definition) is 0. The fourth-order valence-electron chi connectivity index (χ4n) is 7.74. The van der Waals surface area contributed by atoms with Crippen molar-refractivity contribution in [2.24, 2.45) is 0 Å². The van der Waals surface area contributed by atoms with Gasteiger partial charge in [-0.3, -0.25) is 0 Å². The molecule has 9 aromatic rings. The zero-order valence-corrected chi connectivity index (χ0v) is 33.5. The summed E-state index contributed by atoms with van der Waals surface area (Å²) in [5, 5.41) is 2.47. The second kappa shape index (κ2) is 14.1. The summed E-state index contributed by atoms with van der Waals surface area (Å²) in [5.74, 6) is 1.88. The van der Waals surface area contributed by atoms with Gasteiger partial charge in [0, 0.05) is 27.5 Å². The Morgan fingerprint density at radius 1 is 0.351 bits per heavy atom. The minimum absolute atomic E-state index is 0.00208. The summed E-state index contributed by atoms with van der Waals surface area (Å²) >= 11 is 0. The third kappa shape index (κ3) is 6.93. The van der Waals surface area contributed by atoms with Gasteiger partial charge in [0.15, 0.2) is 17.5 Å². The molecular formula is C53H46N4. The van der Waals surface area contributed by atoms with Crippen LogP contribution in [0.2, 0.25) is 0 Å². The molecule has 0 spiro atoms. The fourth-order valence-corrected chi connectivity index (χ4v) is 7.74. The van der Waals surface area contributed by atoms with Crippen LogP contribution in [0.1, 0.15) is 52.7 Å². The largest absolute Gasteiger partial charge is 0.309 e. The molecule has 0 radical (unpaired) electrons. The molecule has 7 aromatic carbocycles. The van der Waals surface area contributed by atoms with Crippen LogP contribution in [0.15, 0.2) is 170 Å². The number of aromatic nitrogens is 4.